The van der Waals surface area contributed by atoms with Gasteiger partial charge in [0.25, 0.3) is 5.91 Å². The average Bonchev–Trinajstić information content (AvgIpc) is 3.57. The number of hydrogen-bond donors (Lipinski definition) is 1. The first-order valence-electron chi connectivity index (χ1n) is 13.2. The van der Waals surface area contributed by atoms with Gasteiger partial charge >= 0.3 is 0 Å². The Hall–Kier alpha value is -3.39. The lowest BCUT2D eigenvalue weighted by Gasteiger charge is -2.15. The number of amides is 1. The molecule has 1 fully saturated rings. The van der Waals surface area contributed by atoms with E-state index in [1.807, 2.05) is 23.5 Å². The molecule has 38 heavy (non-hydrogen) atoms. The van der Waals surface area contributed by atoms with Crippen LogP contribution in [0.15, 0.2) is 72.8 Å². The molecule has 0 saturated carbocycles. The number of likely N-dealkylation sites (tertiary alicyclic amines) is 1. The minimum Gasteiger partial charge on any atom is -0.492 e. The van der Waals surface area contributed by atoms with Crippen LogP contribution in [0.2, 0.25) is 0 Å². The van der Waals surface area contributed by atoms with Crippen LogP contribution in [0.4, 0.5) is 0 Å². The Labute approximate surface area is 228 Å². The number of rotatable bonds is 11. The first-order valence-corrected chi connectivity index (χ1v) is 14.0. The molecule has 4 aromatic rings. The Bertz CT molecular complexity index is 1340. The van der Waals surface area contributed by atoms with Gasteiger partial charge in [0.1, 0.15) is 18.1 Å². The zero-order chi connectivity index (χ0) is 26.3. The number of thiophene rings is 1. The summed E-state index contributed by atoms with van der Waals surface area (Å²) in [6, 6.07) is 25.2. The number of nitrogens with zero attached hydrogens (tertiary/aromatic N) is 2. The molecule has 1 N–H and O–H groups in total. The third-order valence-electron chi connectivity index (χ3n) is 6.71. The lowest BCUT2D eigenvalue weighted by Crippen LogP contribution is -2.39. The third-order valence-corrected chi connectivity index (χ3v) is 7.97. The van der Waals surface area contributed by atoms with Gasteiger partial charge in [0, 0.05) is 30.2 Å². The summed E-state index contributed by atoms with van der Waals surface area (Å²) in [5, 5.41) is 2.90. The molecule has 6 nitrogen and oxygen atoms in total. The highest BCUT2D eigenvalue weighted by molar-refractivity contribution is 7.22. The summed E-state index contributed by atoms with van der Waals surface area (Å²) in [7, 11) is 3.54. The molecule has 0 radical (unpaired) electrons. The molecule has 1 saturated heterocycles. The van der Waals surface area contributed by atoms with Crippen molar-refractivity contribution in [1.29, 1.82) is 0 Å². The molecule has 0 unspecified atom stereocenters. The van der Waals surface area contributed by atoms with Gasteiger partial charge in [-0.05, 0) is 96.9 Å². The highest BCUT2D eigenvalue weighted by atomic mass is 32.1. The van der Waals surface area contributed by atoms with E-state index < -0.39 is 0 Å². The first-order chi connectivity index (χ1) is 18.5. The zero-order valence-corrected chi connectivity index (χ0v) is 22.9. The standard InChI is InChI=1S/C31H35N3O3S/c1-33(2)32-30(35)22-37-26-13-9-23(10-14-26)21-28-27-7-3-4-8-29(27)38-31(28)24-11-15-25(16-12-24)36-20-19-34-17-5-6-18-34/h3-4,7-16H,5-6,17-22H2,1-2H3,(H,32,35). The highest BCUT2D eigenvalue weighted by Gasteiger charge is 2.15. The predicted molar refractivity (Wildman–Crippen MR) is 155 cm³/mol. The van der Waals surface area contributed by atoms with E-state index in [1.54, 1.807) is 19.1 Å². The summed E-state index contributed by atoms with van der Waals surface area (Å²) in [6.07, 6.45) is 3.43. The molecule has 0 bridgehead atoms. The van der Waals surface area contributed by atoms with Crippen molar-refractivity contribution in [3.8, 4) is 21.9 Å². The Morgan fingerprint density at radius 1 is 0.921 bits per heavy atom. The van der Waals surface area contributed by atoms with Gasteiger partial charge < -0.3 is 9.47 Å². The molecule has 1 amide bonds. The monoisotopic (exact) mass is 529 g/mol. The van der Waals surface area contributed by atoms with Crippen LogP contribution in [0.5, 0.6) is 11.5 Å². The maximum Gasteiger partial charge on any atom is 0.272 e. The van der Waals surface area contributed by atoms with Crippen molar-refractivity contribution in [3.63, 3.8) is 0 Å². The lowest BCUT2D eigenvalue weighted by atomic mass is 9.99. The summed E-state index contributed by atoms with van der Waals surface area (Å²) in [5.41, 5.74) is 6.41. The van der Waals surface area contributed by atoms with Crippen LogP contribution >= 0.6 is 11.3 Å². The van der Waals surface area contributed by atoms with Crippen molar-refractivity contribution in [3.05, 3.63) is 83.9 Å². The number of hydrazine groups is 1. The normalized spacial score (nSPS) is 13.8. The summed E-state index contributed by atoms with van der Waals surface area (Å²) in [4.78, 5) is 15.6. The van der Waals surface area contributed by atoms with E-state index in [-0.39, 0.29) is 12.5 Å². The zero-order valence-electron chi connectivity index (χ0n) is 22.1. The van der Waals surface area contributed by atoms with Gasteiger partial charge in [-0.15, -0.1) is 11.3 Å². The van der Waals surface area contributed by atoms with E-state index >= 15 is 0 Å². The average molecular weight is 530 g/mol. The minimum absolute atomic E-state index is 0.0190. The van der Waals surface area contributed by atoms with Gasteiger partial charge in [-0.2, -0.15) is 0 Å². The number of nitrogens with one attached hydrogen (secondary N) is 1. The number of carbonyl (C=O) groups excluding carboxylic acids is 1. The summed E-state index contributed by atoms with van der Waals surface area (Å²) < 4.78 is 13.0. The van der Waals surface area contributed by atoms with E-state index in [0.717, 1.165) is 25.3 Å². The molecule has 198 valence electrons. The van der Waals surface area contributed by atoms with Crippen molar-refractivity contribution in [2.75, 3.05) is 46.9 Å². The molecule has 7 heteroatoms. The van der Waals surface area contributed by atoms with Crippen molar-refractivity contribution in [2.24, 2.45) is 0 Å². The van der Waals surface area contributed by atoms with Gasteiger partial charge in [-0.1, -0.05) is 30.3 Å². The van der Waals surface area contributed by atoms with Crippen LogP contribution in [-0.4, -0.2) is 62.8 Å². The van der Waals surface area contributed by atoms with Gasteiger partial charge in [-0.3, -0.25) is 15.1 Å². The van der Waals surface area contributed by atoms with Crippen LogP contribution in [0.1, 0.15) is 24.0 Å². The maximum absolute atomic E-state index is 11.8. The molecule has 5 rings (SSSR count). The second-order valence-corrected chi connectivity index (χ2v) is 10.9. The first kappa shape index (κ1) is 26.2. The molecule has 0 aliphatic carbocycles. The van der Waals surface area contributed by atoms with Crippen LogP contribution in [0.25, 0.3) is 20.5 Å². The van der Waals surface area contributed by atoms with Crippen LogP contribution in [-0.2, 0) is 11.2 Å². The third kappa shape index (κ3) is 6.72. The fraction of sp³-hybridized carbons (Fsp3) is 0.323. The lowest BCUT2D eigenvalue weighted by molar-refractivity contribution is -0.126. The van der Waals surface area contributed by atoms with Crippen molar-refractivity contribution in [2.45, 2.75) is 19.3 Å². The molecule has 0 atom stereocenters. The molecule has 1 aromatic heterocycles. The number of carbonyl (C=O) groups is 1. The van der Waals surface area contributed by atoms with Gasteiger partial charge in [0.2, 0.25) is 0 Å². The van der Waals surface area contributed by atoms with E-state index in [2.05, 4.69) is 71.0 Å². The van der Waals surface area contributed by atoms with E-state index in [9.17, 15) is 4.79 Å². The maximum atomic E-state index is 11.8. The summed E-state index contributed by atoms with van der Waals surface area (Å²) in [5.74, 6) is 1.42. The van der Waals surface area contributed by atoms with E-state index in [1.165, 1.54) is 57.6 Å². The summed E-state index contributed by atoms with van der Waals surface area (Å²) in [6.45, 7) is 4.10. The molecular formula is C31H35N3O3S. The Kier molecular flexibility index (Phi) is 8.58. The quantitative estimate of drug-likeness (QED) is 0.256. The smallest absolute Gasteiger partial charge is 0.272 e. The van der Waals surface area contributed by atoms with Gasteiger partial charge in [0.15, 0.2) is 6.61 Å². The second kappa shape index (κ2) is 12.4. The van der Waals surface area contributed by atoms with E-state index in [4.69, 9.17) is 9.47 Å². The van der Waals surface area contributed by atoms with Crippen LogP contribution in [0, 0.1) is 0 Å². The van der Waals surface area contributed by atoms with Crippen molar-refractivity contribution in [1.82, 2.24) is 15.3 Å². The molecule has 1 aliphatic rings. The van der Waals surface area contributed by atoms with Crippen molar-refractivity contribution >= 4 is 27.3 Å². The largest absolute Gasteiger partial charge is 0.492 e. The molecule has 3 aromatic carbocycles. The number of benzene rings is 3. The molecule has 1 aliphatic heterocycles. The van der Waals surface area contributed by atoms with Crippen LogP contribution < -0.4 is 14.9 Å². The SMILES string of the molecule is CN(C)NC(=O)COc1ccc(Cc2c(-c3ccc(OCCN4CCCC4)cc3)sc3ccccc23)cc1. The Morgan fingerprint density at radius 2 is 1.61 bits per heavy atom. The molecular weight excluding hydrogens is 494 g/mol. The predicted octanol–water partition coefficient (Wildman–Crippen LogP) is 5.61. The van der Waals surface area contributed by atoms with Gasteiger partial charge in [0.05, 0.1) is 0 Å². The Morgan fingerprint density at radius 3 is 2.34 bits per heavy atom. The highest BCUT2D eigenvalue weighted by Crippen LogP contribution is 2.40. The number of ether oxygens (including phenoxy) is 2. The second-order valence-electron chi connectivity index (χ2n) is 9.87. The van der Waals surface area contributed by atoms with Gasteiger partial charge in [-0.25, -0.2) is 5.01 Å². The topological polar surface area (TPSA) is 54.0 Å². The molecule has 0 spiro atoms. The fourth-order valence-corrected chi connectivity index (χ4v) is 6.07. The Balaban J connectivity index is 1.28. The number of fused-ring (bicyclic) bond motifs is 1. The number of hydrogen-bond acceptors (Lipinski definition) is 6. The van der Waals surface area contributed by atoms with E-state index in [0.29, 0.717) is 5.75 Å². The summed E-state index contributed by atoms with van der Waals surface area (Å²) >= 11 is 1.84. The molecule has 2 heterocycles. The minimum atomic E-state index is -0.184. The van der Waals surface area contributed by atoms with Crippen LogP contribution in [0.3, 0.4) is 0 Å². The van der Waals surface area contributed by atoms with Crippen molar-refractivity contribution < 1.29 is 14.3 Å². The fourth-order valence-electron chi connectivity index (χ4n) is 4.85.